The van der Waals surface area contributed by atoms with E-state index in [0.717, 1.165) is 6.42 Å². The van der Waals surface area contributed by atoms with Gasteiger partial charge in [-0.05, 0) is 5.92 Å². The van der Waals surface area contributed by atoms with Crippen molar-refractivity contribution in [2.75, 3.05) is 13.6 Å². The van der Waals surface area contributed by atoms with E-state index < -0.39 is 6.04 Å². The Hall–Kier alpha value is -1.10. The van der Waals surface area contributed by atoms with Crippen molar-refractivity contribution in [3.63, 3.8) is 0 Å². The van der Waals surface area contributed by atoms with Crippen LogP contribution >= 0.6 is 0 Å². The summed E-state index contributed by atoms with van der Waals surface area (Å²) in [5, 5.41) is 5.12. The summed E-state index contributed by atoms with van der Waals surface area (Å²) >= 11 is 0. The lowest BCUT2D eigenvalue weighted by atomic mass is 9.99. The summed E-state index contributed by atoms with van der Waals surface area (Å²) in [6.45, 7) is 4.26. The standard InChI is InChI=1S/C10H21N3O2/c1-4-7(2)9(11)10(15)13-6-5-8(14)12-3/h7,9H,4-6,11H2,1-3H3,(H,12,14)(H,13,15)/t7-,9-/m0/s1. The third-order valence-corrected chi connectivity index (χ3v) is 2.49. The van der Waals surface area contributed by atoms with Gasteiger partial charge in [0, 0.05) is 20.0 Å². The molecular formula is C10H21N3O2. The van der Waals surface area contributed by atoms with E-state index in [-0.39, 0.29) is 24.2 Å². The van der Waals surface area contributed by atoms with Crippen molar-refractivity contribution in [3.8, 4) is 0 Å². The Morgan fingerprint density at radius 2 is 2.00 bits per heavy atom. The predicted octanol–water partition coefficient (Wildman–Crippen LogP) is -0.388. The van der Waals surface area contributed by atoms with Crippen molar-refractivity contribution in [1.82, 2.24) is 10.6 Å². The molecule has 0 saturated carbocycles. The van der Waals surface area contributed by atoms with Crippen LogP contribution in [0, 0.1) is 5.92 Å². The Kier molecular flexibility index (Phi) is 6.70. The third kappa shape index (κ3) is 5.37. The number of hydrogen-bond acceptors (Lipinski definition) is 3. The molecule has 88 valence electrons. The highest BCUT2D eigenvalue weighted by molar-refractivity contribution is 5.82. The fourth-order valence-corrected chi connectivity index (χ4v) is 1.05. The second-order valence-electron chi connectivity index (χ2n) is 3.63. The minimum atomic E-state index is -0.486. The first-order chi connectivity index (χ1) is 7.02. The number of carbonyl (C=O) groups is 2. The molecule has 2 atom stereocenters. The van der Waals surface area contributed by atoms with E-state index in [4.69, 9.17) is 5.73 Å². The Balaban J connectivity index is 3.78. The van der Waals surface area contributed by atoms with Crippen LogP contribution in [0.2, 0.25) is 0 Å². The minimum absolute atomic E-state index is 0.0904. The molecule has 5 heteroatoms. The zero-order chi connectivity index (χ0) is 11.8. The molecule has 0 unspecified atom stereocenters. The van der Waals surface area contributed by atoms with Gasteiger partial charge in [0.05, 0.1) is 6.04 Å². The summed E-state index contributed by atoms with van der Waals surface area (Å²) in [5.74, 6) is -0.120. The Bertz CT molecular complexity index is 219. The van der Waals surface area contributed by atoms with Gasteiger partial charge in [-0.2, -0.15) is 0 Å². The van der Waals surface area contributed by atoms with Crippen LogP contribution in [0.25, 0.3) is 0 Å². The Morgan fingerprint density at radius 1 is 1.40 bits per heavy atom. The van der Waals surface area contributed by atoms with E-state index in [1.54, 1.807) is 7.05 Å². The highest BCUT2D eigenvalue weighted by Gasteiger charge is 2.18. The molecule has 0 bridgehead atoms. The average molecular weight is 215 g/mol. The number of nitrogens with one attached hydrogen (secondary N) is 2. The Morgan fingerprint density at radius 3 is 2.47 bits per heavy atom. The van der Waals surface area contributed by atoms with E-state index in [1.165, 1.54) is 0 Å². The number of amides is 2. The number of carbonyl (C=O) groups excluding carboxylic acids is 2. The third-order valence-electron chi connectivity index (χ3n) is 2.49. The second-order valence-corrected chi connectivity index (χ2v) is 3.63. The van der Waals surface area contributed by atoms with Crippen LogP contribution in [0.1, 0.15) is 26.7 Å². The molecule has 0 radical (unpaired) electrons. The summed E-state index contributed by atoms with van der Waals surface area (Å²) in [6.07, 6.45) is 1.15. The van der Waals surface area contributed by atoms with Crippen molar-refractivity contribution in [1.29, 1.82) is 0 Å². The van der Waals surface area contributed by atoms with Crippen LogP contribution in [0.4, 0.5) is 0 Å². The van der Waals surface area contributed by atoms with Crippen molar-refractivity contribution in [2.24, 2.45) is 11.7 Å². The fraction of sp³-hybridized carbons (Fsp3) is 0.800. The lowest BCUT2D eigenvalue weighted by Gasteiger charge is -2.17. The number of rotatable bonds is 6. The average Bonchev–Trinajstić information content (AvgIpc) is 2.26. The molecule has 0 aliphatic rings. The molecule has 0 aliphatic heterocycles. The zero-order valence-electron chi connectivity index (χ0n) is 9.67. The highest BCUT2D eigenvalue weighted by Crippen LogP contribution is 2.04. The summed E-state index contributed by atoms with van der Waals surface area (Å²) in [7, 11) is 1.56. The molecule has 0 aromatic heterocycles. The van der Waals surface area contributed by atoms with Crippen molar-refractivity contribution in [3.05, 3.63) is 0 Å². The van der Waals surface area contributed by atoms with Gasteiger partial charge in [-0.15, -0.1) is 0 Å². The minimum Gasteiger partial charge on any atom is -0.359 e. The largest absolute Gasteiger partial charge is 0.359 e. The van der Waals surface area contributed by atoms with Gasteiger partial charge in [-0.25, -0.2) is 0 Å². The molecule has 4 N–H and O–H groups in total. The van der Waals surface area contributed by atoms with Crippen LogP contribution in [0.5, 0.6) is 0 Å². The van der Waals surface area contributed by atoms with E-state index in [1.807, 2.05) is 13.8 Å². The van der Waals surface area contributed by atoms with Gasteiger partial charge in [0.1, 0.15) is 0 Å². The highest BCUT2D eigenvalue weighted by atomic mass is 16.2. The maximum absolute atomic E-state index is 11.4. The molecule has 0 rings (SSSR count). The maximum atomic E-state index is 11.4. The molecule has 0 spiro atoms. The SMILES string of the molecule is CC[C@H](C)[C@H](N)C(=O)NCCC(=O)NC. The van der Waals surface area contributed by atoms with E-state index in [9.17, 15) is 9.59 Å². The zero-order valence-corrected chi connectivity index (χ0v) is 9.67. The molecule has 0 aromatic rings. The molecule has 5 nitrogen and oxygen atoms in total. The lowest BCUT2D eigenvalue weighted by molar-refractivity contribution is -0.123. The van der Waals surface area contributed by atoms with Crippen LogP contribution in [-0.4, -0.2) is 31.4 Å². The summed E-state index contributed by atoms with van der Waals surface area (Å²) in [5.41, 5.74) is 5.71. The maximum Gasteiger partial charge on any atom is 0.237 e. The fourth-order valence-electron chi connectivity index (χ4n) is 1.05. The second kappa shape index (κ2) is 7.23. The van der Waals surface area contributed by atoms with Crippen molar-refractivity contribution >= 4 is 11.8 Å². The van der Waals surface area contributed by atoms with E-state index in [0.29, 0.717) is 6.54 Å². The van der Waals surface area contributed by atoms with Crippen LogP contribution < -0.4 is 16.4 Å². The normalized spacial score (nSPS) is 14.1. The van der Waals surface area contributed by atoms with Gasteiger partial charge in [-0.1, -0.05) is 20.3 Å². The van der Waals surface area contributed by atoms with Gasteiger partial charge in [0.2, 0.25) is 11.8 Å². The van der Waals surface area contributed by atoms with Crippen LogP contribution in [0.15, 0.2) is 0 Å². The molecule has 0 fully saturated rings. The van der Waals surface area contributed by atoms with Gasteiger partial charge in [0.25, 0.3) is 0 Å². The molecule has 0 saturated heterocycles. The number of hydrogen-bond donors (Lipinski definition) is 3. The molecule has 0 aliphatic carbocycles. The molecule has 0 aromatic carbocycles. The lowest BCUT2D eigenvalue weighted by Crippen LogP contribution is -2.45. The first kappa shape index (κ1) is 13.9. The summed E-state index contributed by atoms with van der Waals surface area (Å²) < 4.78 is 0. The topological polar surface area (TPSA) is 84.2 Å². The number of nitrogens with two attached hydrogens (primary N) is 1. The Labute approximate surface area is 90.8 Å². The monoisotopic (exact) mass is 215 g/mol. The molecule has 2 amide bonds. The summed E-state index contributed by atoms with van der Waals surface area (Å²) in [6, 6.07) is -0.486. The first-order valence-electron chi connectivity index (χ1n) is 5.26. The van der Waals surface area contributed by atoms with Gasteiger partial charge in [0.15, 0.2) is 0 Å². The van der Waals surface area contributed by atoms with E-state index in [2.05, 4.69) is 10.6 Å². The van der Waals surface area contributed by atoms with Crippen LogP contribution in [0.3, 0.4) is 0 Å². The quantitative estimate of drug-likeness (QED) is 0.564. The van der Waals surface area contributed by atoms with Crippen molar-refractivity contribution in [2.45, 2.75) is 32.7 Å². The molecule has 15 heavy (non-hydrogen) atoms. The first-order valence-corrected chi connectivity index (χ1v) is 5.26. The smallest absolute Gasteiger partial charge is 0.237 e. The predicted molar refractivity (Wildman–Crippen MR) is 59.1 cm³/mol. The molecule has 0 heterocycles. The van der Waals surface area contributed by atoms with Gasteiger partial charge in [-0.3, -0.25) is 9.59 Å². The van der Waals surface area contributed by atoms with Gasteiger partial charge >= 0.3 is 0 Å². The molecular weight excluding hydrogens is 194 g/mol. The van der Waals surface area contributed by atoms with Crippen LogP contribution in [-0.2, 0) is 9.59 Å². The van der Waals surface area contributed by atoms with E-state index >= 15 is 0 Å². The summed E-state index contributed by atoms with van der Waals surface area (Å²) in [4.78, 5) is 22.3. The van der Waals surface area contributed by atoms with Gasteiger partial charge < -0.3 is 16.4 Å². The van der Waals surface area contributed by atoms with Crippen molar-refractivity contribution < 1.29 is 9.59 Å².